The largest absolute Gasteiger partial charge is 0.338 e. The van der Waals surface area contributed by atoms with E-state index in [0.717, 1.165) is 5.56 Å². The van der Waals surface area contributed by atoms with E-state index in [-0.39, 0.29) is 30.9 Å². The molecule has 0 radical (unpaired) electrons. The first-order valence-corrected chi connectivity index (χ1v) is 8.80. The third-order valence-electron chi connectivity index (χ3n) is 4.22. The summed E-state index contributed by atoms with van der Waals surface area (Å²) in [4.78, 5) is 28.0. The summed E-state index contributed by atoms with van der Waals surface area (Å²) in [5.74, 6) is -0.262. The molecule has 2 amide bonds. The number of halogens is 1. The van der Waals surface area contributed by atoms with Crippen molar-refractivity contribution in [1.82, 2.24) is 9.80 Å². The van der Waals surface area contributed by atoms with Gasteiger partial charge in [0.25, 0.3) is 0 Å². The number of benzene rings is 2. The van der Waals surface area contributed by atoms with Gasteiger partial charge < -0.3 is 10.2 Å². The maximum absolute atomic E-state index is 12.5. The second-order valence-electron chi connectivity index (χ2n) is 6.29. The van der Waals surface area contributed by atoms with Gasteiger partial charge >= 0.3 is 0 Å². The fraction of sp³-hybridized carbons (Fsp3) is 0.300. The number of amides is 2. The van der Waals surface area contributed by atoms with Gasteiger partial charge in [-0.15, -0.1) is 0 Å². The van der Waals surface area contributed by atoms with E-state index in [0.29, 0.717) is 10.7 Å². The fourth-order valence-corrected chi connectivity index (χ4v) is 2.75. The van der Waals surface area contributed by atoms with Crippen LogP contribution in [-0.4, -0.2) is 48.8 Å². The molecule has 0 aliphatic heterocycles. The van der Waals surface area contributed by atoms with Gasteiger partial charge in [0, 0.05) is 7.05 Å². The summed E-state index contributed by atoms with van der Waals surface area (Å²) in [6, 6.07) is 16.9. The fourth-order valence-electron chi connectivity index (χ4n) is 2.57. The lowest BCUT2D eigenvalue weighted by atomic mass is 10.1. The van der Waals surface area contributed by atoms with Crippen molar-refractivity contribution in [1.29, 1.82) is 0 Å². The smallest absolute Gasteiger partial charge is 0.238 e. The van der Waals surface area contributed by atoms with Gasteiger partial charge in [0.05, 0.1) is 29.8 Å². The average molecular weight is 374 g/mol. The Balaban J connectivity index is 1.86. The Hall–Kier alpha value is -2.37. The molecule has 0 aliphatic carbocycles. The topological polar surface area (TPSA) is 52.7 Å². The number of hydrogen-bond donors (Lipinski definition) is 1. The highest BCUT2D eigenvalue weighted by Gasteiger charge is 2.19. The second-order valence-corrected chi connectivity index (χ2v) is 6.70. The lowest BCUT2D eigenvalue weighted by Gasteiger charge is -2.27. The van der Waals surface area contributed by atoms with Crippen molar-refractivity contribution in [3.63, 3.8) is 0 Å². The number of likely N-dealkylation sites (N-methyl/N-ethyl adjacent to an activating group) is 2. The van der Waals surface area contributed by atoms with Crippen LogP contribution >= 0.6 is 11.6 Å². The Morgan fingerprint density at radius 2 is 1.62 bits per heavy atom. The van der Waals surface area contributed by atoms with Crippen molar-refractivity contribution < 1.29 is 9.59 Å². The first kappa shape index (κ1) is 19.9. The molecule has 5 nitrogen and oxygen atoms in total. The number of para-hydroxylation sites is 1. The molecule has 0 spiro atoms. The highest BCUT2D eigenvalue weighted by atomic mass is 35.5. The molecule has 26 heavy (non-hydrogen) atoms. The molecule has 0 bridgehead atoms. The Labute approximate surface area is 159 Å². The lowest BCUT2D eigenvalue weighted by Crippen LogP contribution is -2.40. The molecule has 2 aromatic carbocycles. The first-order chi connectivity index (χ1) is 12.4. The standard InChI is InChI=1S/C20H24ClN3O2/c1-15(16-9-5-4-6-10-16)24(3)20(26)14-23(2)13-19(25)22-18-12-8-7-11-17(18)21/h4-12,15H,13-14H2,1-3H3,(H,22,25)/t15-/m0/s1. The number of anilines is 1. The number of rotatable bonds is 7. The predicted molar refractivity (Wildman–Crippen MR) is 105 cm³/mol. The molecule has 0 fully saturated rings. The van der Waals surface area contributed by atoms with E-state index in [9.17, 15) is 9.59 Å². The summed E-state index contributed by atoms with van der Waals surface area (Å²) in [6.45, 7) is 2.24. The van der Waals surface area contributed by atoms with Crippen LogP contribution in [0.3, 0.4) is 0 Å². The van der Waals surface area contributed by atoms with Crippen LogP contribution in [0, 0.1) is 0 Å². The normalized spacial score (nSPS) is 11.9. The van der Waals surface area contributed by atoms with Gasteiger partial charge in [-0.2, -0.15) is 0 Å². The number of carbonyl (C=O) groups excluding carboxylic acids is 2. The van der Waals surface area contributed by atoms with Crippen molar-refractivity contribution in [2.75, 3.05) is 32.5 Å². The molecule has 0 aliphatic rings. The first-order valence-electron chi connectivity index (χ1n) is 8.42. The van der Waals surface area contributed by atoms with E-state index in [1.54, 1.807) is 48.2 Å². The van der Waals surface area contributed by atoms with Crippen molar-refractivity contribution >= 4 is 29.1 Å². The lowest BCUT2D eigenvalue weighted by molar-refractivity contribution is -0.133. The number of nitrogens with one attached hydrogen (secondary N) is 1. The van der Waals surface area contributed by atoms with Gasteiger partial charge in [-0.3, -0.25) is 14.5 Å². The molecule has 2 aromatic rings. The summed E-state index contributed by atoms with van der Waals surface area (Å²) in [5.41, 5.74) is 1.64. The van der Waals surface area contributed by atoms with Crippen molar-refractivity contribution in [2.45, 2.75) is 13.0 Å². The maximum Gasteiger partial charge on any atom is 0.238 e. The van der Waals surface area contributed by atoms with Crippen molar-refractivity contribution in [3.8, 4) is 0 Å². The van der Waals surface area contributed by atoms with E-state index in [2.05, 4.69) is 5.32 Å². The molecular formula is C20H24ClN3O2. The van der Waals surface area contributed by atoms with Gasteiger partial charge in [-0.1, -0.05) is 54.1 Å². The zero-order chi connectivity index (χ0) is 19.1. The summed E-state index contributed by atoms with van der Waals surface area (Å²) in [5, 5.41) is 3.24. The molecule has 0 saturated carbocycles. The minimum atomic E-state index is -0.216. The van der Waals surface area contributed by atoms with E-state index in [1.807, 2.05) is 37.3 Å². The molecule has 0 saturated heterocycles. The number of carbonyl (C=O) groups is 2. The highest BCUT2D eigenvalue weighted by molar-refractivity contribution is 6.33. The molecule has 1 N–H and O–H groups in total. The summed E-state index contributed by atoms with van der Waals surface area (Å²) < 4.78 is 0. The average Bonchev–Trinajstić information content (AvgIpc) is 2.62. The second kappa shape index (κ2) is 9.36. The van der Waals surface area contributed by atoms with Crippen LogP contribution in [0.5, 0.6) is 0 Å². The van der Waals surface area contributed by atoms with Gasteiger partial charge in [-0.05, 0) is 31.7 Å². The monoisotopic (exact) mass is 373 g/mol. The molecule has 6 heteroatoms. The Morgan fingerprint density at radius 1 is 1.00 bits per heavy atom. The van der Waals surface area contributed by atoms with Gasteiger partial charge in [-0.25, -0.2) is 0 Å². The minimum absolute atomic E-state index is 0.0333. The zero-order valence-electron chi connectivity index (χ0n) is 15.3. The number of hydrogen-bond acceptors (Lipinski definition) is 3. The maximum atomic E-state index is 12.5. The van der Waals surface area contributed by atoms with E-state index in [1.165, 1.54) is 0 Å². The summed E-state index contributed by atoms with van der Waals surface area (Å²) >= 11 is 6.03. The molecular weight excluding hydrogens is 350 g/mol. The van der Waals surface area contributed by atoms with Crippen LogP contribution in [-0.2, 0) is 9.59 Å². The van der Waals surface area contributed by atoms with E-state index in [4.69, 9.17) is 11.6 Å². The Morgan fingerprint density at radius 3 is 2.27 bits per heavy atom. The Bertz CT molecular complexity index is 752. The zero-order valence-corrected chi connectivity index (χ0v) is 16.0. The molecule has 1 atom stereocenters. The summed E-state index contributed by atoms with van der Waals surface area (Å²) in [6.07, 6.45) is 0. The van der Waals surface area contributed by atoms with Gasteiger partial charge in [0.15, 0.2) is 0 Å². The SMILES string of the molecule is C[C@@H](c1ccccc1)N(C)C(=O)CN(C)CC(=O)Nc1ccccc1Cl. The van der Waals surface area contributed by atoms with Crippen LogP contribution in [0.2, 0.25) is 5.02 Å². The number of nitrogens with zero attached hydrogens (tertiary/aromatic N) is 2. The Kier molecular flexibility index (Phi) is 7.18. The molecule has 2 rings (SSSR count). The quantitative estimate of drug-likeness (QED) is 0.809. The van der Waals surface area contributed by atoms with Crippen molar-refractivity contribution in [3.05, 3.63) is 65.2 Å². The van der Waals surface area contributed by atoms with Crippen LogP contribution in [0.25, 0.3) is 0 Å². The molecule has 138 valence electrons. The van der Waals surface area contributed by atoms with E-state index < -0.39 is 0 Å². The van der Waals surface area contributed by atoms with Gasteiger partial charge in [0.1, 0.15) is 0 Å². The van der Waals surface area contributed by atoms with Crippen LogP contribution < -0.4 is 5.32 Å². The molecule has 0 aromatic heterocycles. The van der Waals surface area contributed by atoms with Crippen LogP contribution in [0.1, 0.15) is 18.5 Å². The molecule has 0 unspecified atom stereocenters. The highest BCUT2D eigenvalue weighted by Crippen LogP contribution is 2.20. The minimum Gasteiger partial charge on any atom is -0.338 e. The van der Waals surface area contributed by atoms with Crippen molar-refractivity contribution in [2.24, 2.45) is 0 Å². The van der Waals surface area contributed by atoms with E-state index >= 15 is 0 Å². The third kappa shape index (κ3) is 5.58. The van der Waals surface area contributed by atoms with Crippen LogP contribution in [0.15, 0.2) is 54.6 Å². The summed E-state index contributed by atoms with van der Waals surface area (Å²) in [7, 11) is 3.52. The van der Waals surface area contributed by atoms with Gasteiger partial charge in [0.2, 0.25) is 11.8 Å². The third-order valence-corrected chi connectivity index (χ3v) is 4.55. The molecule has 0 heterocycles. The van der Waals surface area contributed by atoms with Crippen LogP contribution in [0.4, 0.5) is 5.69 Å². The predicted octanol–water partition coefficient (Wildman–Crippen LogP) is 3.43.